The molecule has 2 rings (SSSR count). The van der Waals surface area contributed by atoms with E-state index in [1.54, 1.807) is 0 Å². The highest BCUT2D eigenvalue weighted by Crippen LogP contribution is 2.31. The lowest BCUT2D eigenvalue weighted by Crippen LogP contribution is -2.03. The molecule has 21 heavy (non-hydrogen) atoms. The maximum atomic E-state index is 11.2. The molecule has 0 atom stereocenters. The summed E-state index contributed by atoms with van der Waals surface area (Å²) in [6, 6.07) is 4.82. The Labute approximate surface area is 123 Å². The first-order valence-corrected chi connectivity index (χ1v) is 7.20. The van der Waals surface area contributed by atoms with Crippen molar-refractivity contribution in [3.05, 3.63) is 45.8 Å². The molecule has 1 aromatic carbocycles. The molecule has 0 bridgehead atoms. The highest BCUT2D eigenvalue weighted by Gasteiger charge is 2.10. The monoisotopic (exact) mass is 329 g/mol. The quantitative estimate of drug-likeness (QED) is 0.587. The topological polar surface area (TPSA) is 132 Å². The van der Waals surface area contributed by atoms with Gasteiger partial charge in [0.25, 0.3) is 15.7 Å². The minimum Gasteiger partial charge on any atom is -0.501 e. The smallest absolute Gasteiger partial charge is 0.294 e. The highest BCUT2D eigenvalue weighted by molar-refractivity contribution is 7.85. The van der Waals surface area contributed by atoms with Gasteiger partial charge in [0.05, 0.1) is 15.6 Å². The van der Waals surface area contributed by atoms with Crippen LogP contribution < -0.4 is 5.56 Å². The molecule has 10 heteroatoms. The summed E-state index contributed by atoms with van der Waals surface area (Å²) in [6.07, 6.45) is 1.15. The zero-order valence-electron chi connectivity index (χ0n) is 10.2. The number of nitrogens with zero attached hydrogens (tertiary/aromatic N) is 2. The van der Waals surface area contributed by atoms with Gasteiger partial charge < -0.3 is 10.1 Å². The Morgan fingerprint density at radius 3 is 2.33 bits per heavy atom. The van der Waals surface area contributed by atoms with E-state index in [2.05, 4.69) is 15.2 Å². The highest BCUT2D eigenvalue weighted by atomic mass is 35.5. The number of benzene rings is 1. The van der Waals surface area contributed by atoms with Crippen molar-refractivity contribution >= 4 is 33.1 Å². The Balaban J connectivity index is 2.35. The number of aromatic hydroxyl groups is 1. The van der Waals surface area contributed by atoms with Gasteiger partial charge in [0, 0.05) is 6.20 Å². The molecule has 0 saturated heterocycles. The van der Waals surface area contributed by atoms with Gasteiger partial charge in [-0.15, -0.1) is 5.11 Å². The SMILES string of the molecule is O=c1[nH]cc(Cl)c(N=Nc2ccc(S(=O)(=O)O)cc2)c1O. The molecule has 1 heterocycles. The number of H-pyrrole nitrogens is 1. The summed E-state index contributed by atoms with van der Waals surface area (Å²) in [5.41, 5.74) is -0.743. The maximum Gasteiger partial charge on any atom is 0.294 e. The van der Waals surface area contributed by atoms with E-state index in [0.717, 1.165) is 18.3 Å². The van der Waals surface area contributed by atoms with E-state index in [0.29, 0.717) is 0 Å². The summed E-state index contributed by atoms with van der Waals surface area (Å²) in [5, 5.41) is 16.9. The molecular weight excluding hydrogens is 322 g/mol. The molecule has 0 radical (unpaired) electrons. The van der Waals surface area contributed by atoms with Crippen LogP contribution in [-0.4, -0.2) is 23.1 Å². The molecule has 0 saturated carbocycles. The van der Waals surface area contributed by atoms with E-state index in [1.165, 1.54) is 12.1 Å². The van der Waals surface area contributed by atoms with Crippen molar-refractivity contribution in [3.63, 3.8) is 0 Å². The molecule has 0 aliphatic heterocycles. The van der Waals surface area contributed by atoms with Crippen LogP contribution in [-0.2, 0) is 10.1 Å². The minimum atomic E-state index is -4.28. The average Bonchev–Trinajstić information content (AvgIpc) is 2.43. The summed E-state index contributed by atoms with van der Waals surface area (Å²) in [7, 11) is -4.28. The summed E-state index contributed by atoms with van der Waals surface area (Å²) in [6.45, 7) is 0. The number of aromatic amines is 1. The second-order valence-electron chi connectivity index (χ2n) is 3.83. The first kappa shape index (κ1) is 15.2. The van der Waals surface area contributed by atoms with Gasteiger partial charge >= 0.3 is 0 Å². The van der Waals surface area contributed by atoms with Gasteiger partial charge in [-0.05, 0) is 24.3 Å². The number of azo groups is 1. The van der Waals surface area contributed by atoms with Gasteiger partial charge in [0.1, 0.15) is 0 Å². The van der Waals surface area contributed by atoms with Crippen LogP contribution in [0.4, 0.5) is 11.4 Å². The van der Waals surface area contributed by atoms with E-state index in [1.807, 2.05) is 0 Å². The van der Waals surface area contributed by atoms with Crippen LogP contribution in [0, 0.1) is 0 Å². The van der Waals surface area contributed by atoms with Gasteiger partial charge in [0.15, 0.2) is 5.69 Å². The van der Waals surface area contributed by atoms with Crippen molar-refractivity contribution in [1.29, 1.82) is 0 Å². The molecule has 0 amide bonds. The van der Waals surface area contributed by atoms with E-state index in [4.69, 9.17) is 16.2 Å². The summed E-state index contributed by atoms with van der Waals surface area (Å²) in [5.74, 6) is -0.680. The lowest BCUT2D eigenvalue weighted by molar-refractivity contribution is 0.468. The molecule has 0 unspecified atom stereocenters. The van der Waals surface area contributed by atoms with E-state index < -0.39 is 21.4 Å². The third kappa shape index (κ3) is 3.45. The number of nitrogens with one attached hydrogen (secondary N) is 1. The summed E-state index contributed by atoms with van der Waals surface area (Å²) < 4.78 is 30.5. The van der Waals surface area contributed by atoms with Crippen LogP contribution in [0.2, 0.25) is 5.02 Å². The number of hydrogen-bond donors (Lipinski definition) is 3. The predicted octanol–water partition coefficient (Wildman–Crippen LogP) is 2.40. The van der Waals surface area contributed by atoms with Gasteiger partial charge in [-0.2, -0.15) is 13.5 Å². The Kier molecular flexibility index (Phi) is 4.07. The molecule has 0 aliphatic rings. The van der Waals surface area contributed by atoms with Crippen LogP contribution in [0.1, 0.15) is 0 Å². The molecule has 1 aromatic heterocycles. The van der Waals surface area contributed by atoms with Crippen molar-refractivity contribution in [2.24, 2.45) is 10.2 Å². The largest absolute Gasteiger partial charge is 0.501 e. The zero-order valence-corrected chi connectivity index (χ0v) is 11.8. The molecule has 8 nitrogen and oxygen atoms in total. The fraction of sp³-hybridized carbons (Fsp3) is 0. The lowest BCUT2D eigenvalue weighted by Gasteiger charge is -1.99. The molecule has 0 fully saturated rings. The maximum absolute atomic E-state index is 11.2. The van der Waals surface area contributed by atoms with Gasteiger partial charge in [0.2, 0.25) is 5.75 Å². The molecule has 110 valence electrons. The summed E-state index contributed by atoms with van der Waals surface area (Å²) in [4.78, 5) is 13.1. The van der Waals surface area contributed by atoms with E-state index >= 15 is 0 Å². The number of rotatable bonds is 3. The van der Waals surface area contributed by atoms with Crippen LogP contribution in [0.5, 0.6) is 5.75 Å². The van der Waals surface area contributed by atoms with E-state index in [9.17, 15) is 18.3 Å². The third-order valence-electron chi connectivity index (χ3n) is 2.40. The number of hydrogen-bond acceptors (Lipinski definition) is 6. The molecule has 2 aromatic rings. The summed E-state index contributed by atoms with van der Waals surface area (Å²) >= 11 is 5.76. The normalized spacial score (nSPS) is 11.9. The predicted molar refractivity (Wildman–Crippen MR) is 74.2 cm³/mol. The molecular formula is C11H8ClN3O5S. The van der Waals surface area contributed by atoms with Crippen LogP contribution in [0.15, 0.2) is 50.4 Å². The Morgan fingerprint density at radius 2 is 1.76 bits per heavy atom. The van der Waals surface area contributed by atoms with Crippen LogP contribution in [0.3, 0.4) is 0 Å². The van der Waals surface area contributed by atoms with E-state index in [-0.39, 0.29) is 21.3 Å². The standard InChI is InChI=1S/C11H8ClN3O5S/c12-8-5-13-11(17)10(16)9(8)15-14-6-1-3-7(4-2-6)21(18,19)20/h1-5,16H,(H,13,17)(H,18,19,20). The van der Waals surface area contributed by atoms with Crippen LogP contribution >= 0.6 is 11.6 Å². The second-order valence-corrected chi connectivity index (χ2v) is 5.66. The van der Waals surface area contributed by atoms with Crippen molar-refractivity contribution < 1.29 is 18.1 Å². The van der Waals surface area contributed by atoms with Crippen LogP contribution in [0.25, 0.3) is 0 Å². The van der Waals surface area contributed by atoms with Crippen molar-refractivity contribution in [3.8, 4) is 5.75 Å². The molecule has 0 spiro atoms. The Bertz CT molecular complexity index is 858. The van der Waals surface area contributed by atoms with Crippen molar-refractivity contribution in [2.45, 2.75) is 4.90 Å². The van der Waals surface area contributed by atoms with Gasteiger partial charge in [-0.1, -0.05) is 11.6 Å². The number of halogens is 1. The minimum absolute atomic E-state index is 0.00888. The number of pyridine rings is 1. The molecule has 0 aliphatic carbocycles. The first-order valence-electron chi connectivity index (χ1n) is 5.38. The fourth-order valence-corrected chi connectivity index (χ4v) is 2.04. The first-order chi connectivity index (χ1) is 9.79. The average molecular weight is 330 g/mol. The number of aromatic nitrogens is 1. The Morgan fingerprint density at radius 1 is 1.14 bits per heavy atom. The molecule has 3 N–H and O–H groups in total. The van der Waals surface area contributed by atoms with Gasteiger partial charge in [-0.25, -0.2) is 0 Å². The third-order valence-corrected chi connectivity index (χ3v) is 3.55. The van der Waals surface area contributed by atoms with Gasteiger partial charge in [-0.3, -0.25) is 9.35 Å². The Hall–Kier alpha value is -2.23. The van der Waals surface area contributed by atoms with Crippen molar-refractivity contribution in [2.75, 3.05) is 0 Å². The lowest BCUT2D eigenvalue weighted by atomic mass is 10.3. The zero-order chi connectivity index (χ0) is 15.6. The van der Waals surface area contributed by atoms with Crippen molar-refractivity contribution in [1.82, 2.24) is 4.98 Å². The fourth-order valence-electron chi connectivity index (χ4n) is 1.37. The second kappa shape index (κ2) is 5.64.